The van der Waals surface area contributed by atoms with E-state index in [2.05, 4.69) is 0 Å². The van der Waals surface area contributed by atoms with Gasteiger partial charge in [-0.3, -0.25) is 0 Å². The molecule has 3 nitrogen and oxygen atoms in total. The highest BCUT2D eigenvalue weighted by Crippen LogP contribution is 2.23. The number of methoxy groups -OCH3 is 1. The number of rotatable bonds is 2. The van der Waals surface area contributed by atoms with E-state index < -0.39 is 12.4 Å². The third kappa shape index (κ3) is 1.60. The van der Waals surface area contributed by atoms with Crippen molar-refractivity contribution in [2.75, 3.05) is 7.11 Å². The third-order valence-electron chi connectivity index (χ3n) is 1.70. The van der Waals surface area contributed by atoms with Crippen molar-refractivity contribution in [1.29, 1.82) is 5.26 Å². The number of ether oxygens (including phenoxy) is 1. The van der Waals surface area contributed by atoms with E-state index in [0.717, 1.165) is 0 Å². The predicted molar refractivity (Wildman–Crippen MR) is 43.6 cm³/mol. The van der Waals surface area contributed by atoms with E-state index in [-0.39, 0.29) is 16.9 Å². The summed E-state index contributed by atoms with van der Waals surface area (Å²) in [5.41, 5.74) is -0.0774. The van der Waals surface area contributed by atoms with Crippen LogP contribution in [0.3, 0.4) is 0 Å². The Morgan fingerprint density at radius 2 is 2.31 bits per heavy atom. The molecule has 0 bridgehead atoms. The Hall–Kier alpha value is -1.60. The lowest BCUT2D eigenvalue weighted by Gasteiger charge is -2.07. The summed E-state index contributed by atoms with van der Waals surface area (Å²) < 4.78 is 18.1. The maximum atomic E-state index is 13.3. The fraction of sp³-hybridized carbons (Fsp3) is 0.222. The highest BCUT2D eigenvalue weighted by atomic mass is 19.1. The Bertz CT molecular complexity index is 357. The Morgan fingerprint density at radius 1 is 1.62 bits per heavy atom. The summed E-state index contributed by atoms with van der Waals surface area (Å²) in [6.07, 6.45) is 0. The Morgan fingerprint density at radius 3 is 2.77 bits per heavy atom. The van der Waals surface area contributed by atoms with Gasteiger partial charge in [0, 0.05) is 0 Å². The predicted octanol–water partition coefficient (Wildman–Crippen LogP) is 1.20. The van der Waals surface area contributed by atoms with Gasteiger partial charge < -0.3 is 9.84 Å². The quantitative estimate of drug-likeness (QED) is 0.745. The number of aliphatic hydroxyl groups excluding tert-OH is 1. The van der Waals surface area contributed by atoms with E-state index in [1.54, 1.807) is 6.07 Å². The molecule has 1 N–H and O–H groups in total. The SMILES string of the molecule is COc1ccc(C#N)c(F)c1CO. The standard InChI is InChI=1S/C9H8FNO2/c1-13-8-3-2-6(4-11)9(10)7(8)5-12/h2-3,12H,5H2,1H3. The van der Waals surface area contributed by atoms with Crippen LogP contribution in [-0.2, 0) is 6.61 Å². The molecule has 0 unspecified atom stereocenters. The van der Waals surface area contributed by atoms with Crippen molar-refractivity contribution in [1.82, 2.24) is 0 Å². The molecule has 0 fully saturated rings. The molecule has 1 aromatic rings. The molecule has 0 atom stereocenters. The van der Waals surface area contributed by atoms with Crippen LogP contribution < -0.4 is 4.74 Å². The lowest BCUT2D eigenvalue weighted by molar-refractivity contribution is 0.267. The van der Waals surface area contributed by atoms with Gasteiger partial charge >= 0.3 is 0 Å². The van der Waals surface area contributed by atoms with Gasteiger partial charge in [0.05, 0.1) is 24.8 Å². The highest BCUT2D eigenvalue weighted by Gasteiger charge is 2.12. The van der Waals surface area contributed by atoms with Gasteiger partial charge in [-0.15, -0.1) is 0 Å². The number of nitriles is 1. The largest absolute Gasteiger partial charge is 0.496 e. The molecule has 0 spiro atoms. The summed E-state index contributed by atoms with van der Waals surface area (Å²) in [4.78, 5) is 0. The maximum Gasteiger partial charge on any atom is 0.150 e. The van der Waals surface area contributed by atoms with Crippen LogP contribution in [0.25, 0.3) is 0 Å². The van der Waals surface area contributed by atoms with Crippen LogP contribution >= 0.6 is 0 Å². The summed E-state index contributed by atoms with van der Waals surface area (Å²) >= 11 is 0. The summed E-state index contributed by atoms with van der Waals surface area (Å²) in [6.45, 7) is -0.482. The summed E-state index contributed by atoms with van der Waals surface area (Å²) in [6, 6.07) is 4.44. The van der Waals surface area contributed by atoms with Gasteiger partial charge in [0.1, 0.15) is 17.6 Å². The van der Waals surface area contributed by atoms with E-state index in [0.29, 0.717) is 0 Å². The molecule has 68 valence electrons. The van der Waals surface area contributed by atoms with E-state index in [9.17, 15) is 4.39 Å². The minimum absolute atomic E-state index is 0.0153. The van der Waals surface area contributed by atoms with E-state index in [4.69, 9.17) is 15.1 Å². The minimum atomic E-state index is -0.718. The summed E-state index contributed by atoms with van der Waals surface area (Å²) in [5.74, 6) is -0.469. The van der Waals surface area contributed by atoms with Crippen molar-refractivity contribution in [3.63, 3.8) is 0 Å². The molecule has 0 saturated heterocycles. The monoisotopic (exact) mass is 181 g/mol. The van der Waals surface area contributed by atoms with Crippen molar-refractivity contribution in [2.45, 2.75) is 6.61 Å². The molecular formula is C9H8FNO2. The lowest BCUT2D eigenvalue weighted by Crippen LogP contribution is -1.98. The second-order valence-electron chi connectivity index (χ2n) is 2.38. The van der Waals surface area contributed by atoms with Gasteiger partial charge in [-0.05, 0) is 12.1 Å². The smallest absolute Gasteiger partial charge is 0.150 e. The van der Waals surface area contributed by atoms with Gasteiger partial charge in [0.15, 0.2) is 0 Å². The van der Waals surface area contributed by atoms with Crippen molar-refractivity contribution < 1.29 is 14.2 Å². The van der Waals surface area contributed by atoms with Crippen molar-refractivity contribution in [3.05, 3.63) is 29.1 Å². The zero-order valence-corrected chi connectivity index (χ0v) is 7.04. The van der Waals surface area contributed by atoms with E-state index in [1.165, 1.54) is 19.2 Å². The molecule has 0 aliphatic rings. The number of hydrogen-bond acceptors (Lipinski definition) is 3. The van der Waals surface area contributed by atoms with Gasteiger partial charge in [0.25, 0.3) is 0 Å². The normalized spacial score (nSPS) is 9.38. The number of halogens is 1. The fourth-order valence-electron chi connectivity index (χ4n) is 1.03. The van der Waals surface area contributed by atoms with E-state index >= 15 is 0 Å². The fourth-order valence-corrected chi connectivity index (χ4v) is 1.03. The zero-order chi connectivity index (χ0) is 9.84. The second-order valence-corrected chi connectivity index (χ2v) is 2.38. The molecule has 0 radical (unpaired) electrons. The summed E-state index contributed by atoms with van der Waals surface area (Å²) in [5, 5.41) is 17.3. The van der Waals surface area contributed by atoms with Gasteiger partial charge in [-0.25, -0.2) is 4.39 Å². The molecule has 0 heterocycles. The van der Waals surface area contributed by atoms with Crippen LogP contribution in [0.2, 0.25) is 0 Å². The van der Waals surface area contributed by atoms with Crippen molar-refractivity contribution >= 4 is 0 Å². The molecule has 0 aliphatic carbocycles. The van der Waals surface area contributed by atoms with Crippen LogP contribution in [0, 0.1) is 17.1 Å². The van der Waals surface area contributed by atoms with Crippen LogP contribution in [0.1, 0.15) is 11.1 Å². The van der Waals surface area contributed by atoms with Crippen LogP contribution in [-0.4, -0.2) is 12.2 Å². The molecular weight excluding hydrogens is 173 g/mol. The first kappa shape index (κ1) is 9.49. The zero-order valence-electron chi connectivity index (χ0n) is 7.04. The van der Waals surface area contributed by atoms with Gasteiger partial charge in [0.2, 0.25) is 0 Å². The lowest BCUT2D eigenvalue weighted by atomic mass is 10.1. The number of hydrogen-bond donors (Lipinski definition) is 1. The first-order valence-corrected chi connectivity index (χ1v) is 3.61. The molecule has 13 heavy (non-hydrogen) atoms. The number of aliphatic hydroxyl groups is 1. The Kier molecular flexibility index (Phi) is 2.83. The summed E-state index contributed by atoms with van der Waals surface area (Å²) in [7, 11) is 1.37. The highest BCUT2D eigenvalue weighted by molar-refractivity contribution is 5.43. The number of benzene rings is 1. The molecule has 4 heteroatoms. The van der Waals surface area contributed by atoms with Crippen LogP contribution in [0.15, 0.2) is 12.1 Å². The van der Waals surface area contributed by atoms with E-state index in [1.807, 2.05) is 0 Å². The van der Waals surface area contributed by atoms with Gasteiger partial charge in [-0.2, -0.15) is 5.26 Å². The number of nitrogens with zero attached hydrogens (tertiary/aromatic N) is 1. The molecule has 0 amide bonds. The van der Waals surface area contributed by atoms with Crippen LogP contribution in [0.4, 0.5) is 4.39 Å². The Balaban J connectivity index is 3.34. The molecule has 0 aromatic heterocycles. The minimum Gasteiger partial charge on any atom is -0.496 e. The topological polar surface area (TPSA) is 53.2 Å². The maximum absolute atomic E-state index is 13.3. The molecule has 0 aliphatic heterocycles. The van der Waals surface area contributed by atoms with Gasteiger partial charge in [-0.1, -0.05) is 0 Å². The van der Waals surface area contributed by atoms with Crippen molar-refractivity contribution in [3.8, 4) is 11.8 Å². The molecule has 1 rings (SSSR count). The molecule has 0 saturated carbocycles. The third-order valence-corrected chi connectivity index (χ3v) is 1.70. The molecule has 1 aromatic carbocycles. The first-order valence-electron chi connectivity index (χ1n) is 3.61. The Labute approximate surface area is 75.0 Å². The first-order chi connectivity index (χ1) is 6.24. The van der Waals surface area contributed by atoms with Crippen LogP contribution in [0.5, 0.6) is 5.75 Å². The average Bonchev–Trinajstić information content (AvgIpc) is 2.17. The second kappa shape index (κ2) is 3.87. The average molecular weight is 181 g/mol. The van der Waals surface area contributed by atoms with Crippen molar-refractivity contribution in [2.24, 2.45) is 0 Å².